The Kier molecular flexibility index (Phi) is 10.1. The third-order valence-corrected chi connectivity index (χ3v) is 3.35. The Morgan fingerprint density at radius 1 is 1.00 bits per heavy atom. The van der Waals surface area contributed by atoms with Crippen molar-refractivity contribution in [1.82, 2.24) is 0 Å². The van der Waals surface area contributed by atoms with Gasteiger partial charge in [0.05, 0.1) is 19.3 Å². The normalized spacial score (nSPS) is 14.2. The van der Waals surface area contributed by atoms with Crippen LogP contribution in [-0.4, -0.2) is 43.9 Å². The van der Waals surface area contributed by atoms with Crippen LogP contribution in [0.15, 0.2) is 30.3 Å². The van der Waals surface area contributed by atoms with Crippen molar-refractivity contribution >= 4 is 0 Å². The lowest BCUT2D eigenvalue weighted by atomic mass is 9.95. The minimum absolute atomic E-state index is 0.284. The minimum atomic E-state index is -0.327. The molecule has 0 saturated heterocycles. The molecular weight excluding hydrogens is 280 g/mol. The predicted molar refractivity (Wildman–Crippen MR) is 87.8 cm³/mol. The standard InChI is InChI=1S/C18H30O4/c1-4-21-18(22-5-2)14-20-13-17(11-15(3)19)12-16-9-7-6-8-10-16/h6-10,15,17-19H,4-5,11-14H2,1-3H3. The van der Waals surface area contributed by atoms with Crippen LogP contribution in [0.4, 0.5) is 0 Å². The van der Waals surface area contributed by atoms with Crippen LogP contribution in [0.1, 0.15) is 32.8 Å². The molecule has 0 bridgehead atoms. The van der Waals surface area contributed by atoms with Crippen molar-refractivity contribution in [3.05, 3.63) is 35.9 Å². The molecule has 1 aromatic rings. The monoisotopic (exact) mass is 310 g/mol. The Morgan fingerprint density at radius 3 is 2.18 bits per heavy atom. The van der Waals surface area contributed by atoms with E-state index in [0.29, 0.717) is 26.4 Å². The summed E-state index contributed by atoms with van der Waals surface area (Å²) in [6, 6.07) is 10.3. The van der Waals surface area contributed by atoms with Crippen LogP contribution in [0.5, 0.6) is 0 Å². The van der Waals surface area contributed by atoms with Crippen molar-refractivity contribution in [2.75, 3.05) is 26.4 Å². The fourth-order valence-electron chi connectivity index (χ4n) is 2.49. The second kappa shape index (κ2) is 11.6. The molecule has 0 heterocycles. The zero-order valence-corrected chi connectivity index (χ0v) is 14.0. The maximum atomic E-state index is 9.67. The van der Waals surface area contributed by atoms with Gasteiger partial charge in [-0.2, -0.15) is 0 Å². The number of aliphatic hydroxyl groups excluding tert-OH is 1. The van der Waals surface area contributed by atoms with Gasteiger partial charge in [0.15, 0.2) is 6.29 Å². The molecule has 0 saturated carbocycles. The Bertz CT molecular complexity index is 361. The Labute approximate surface area is 134 Å². The lowest BCUT2D eigenvalue weighted by molar-refractivity contribution is -0.169. The van der Waals surface area contributed by atoms with E-state index in [0.717, 1.165) is 12.8 Å². The first-order valence-corrected chi connectivity index (χ1v) is 8.18. The quantitative estimate of drug-likeness (QED) is 0.603. The molecule has 0 aliphatic rings. The molecule has 1 aromatic carbocycles. The summed E-state index contributed by atoms with van der Waals surface area (Å²) < 4.78 is 16.7. The van der Waals surface area contributed by atoms with Crippen LogP contribution in [0, 0.1) is 5.92 Å². The van der Waals surface area contributed by atoms with E-state index in [1.807, 2.05) is 39.0 Å². The highest BCUT2D eigenvalue weighted by Gasteiger charge is 2.15. The molecule has 0 aliphatic carbocycles. The fourth-order valence-corrected chi connectivity index (χ4v) is 2.49. The van der Waals surface area contributed by atoms with Crippen LogP contribution < -0.4 is 0 Å². The van der Waals surface area contributed by atoms with Gasteiger partial charge in [-0.15, -0.1) is 0 Å². The lowest BCUT2D eigenvalue weighted by Gasteiger charge is -2.21. The second-order valence-electron chi connectivity index (χ2n) is 5.52. The number of rotatable bonds is 12. The van der Waals surface area contributed by atoms with Gasteiger partial charge in [-0.3, -0.25) is 0 Å². The van der Waals surface area contributed by atoms with E-state index in [9.17, 15) is 5.11 Å². The topological polar surface area (TPSA) is 47.9 Å². The molecule has 0 amide bonds. The molecule has 0 aliphatic heterocycles. The van der Waals surface area contributed by atoms with Crippen LogP contribution in [0.3, 0.4) is 0 Å². The molecule has 0 radical (unpaired) electrons. The second-order valence-corrected chi connectivity index (χ2v) is 5.52. The van der Waals surface area contributed by atoms with Crippen LogP contribution in [-0.2, 0) is 20.6 Å². The van der Waals surface area contributed by atoms with E-state index in [1.54, 1.807) is 0 Å². The van der Waals surface area contributed by atoms with E-state index < -0.39 is 0 Å². The summed E-state index contributed by atoms with van der Waals surface area (Å²) in [6.45, 7) is 7.93. The summed E-state index contributed by atoms with van der Waals surface area (Å²) in [4.78, 5) is 0. The first kappa shape index (κ1) is 19.1. The largest absolute Gasteiger partial charge is 0.393 e. The van der Waals surface area contributed by atoms with Gasteiger partial charge in [0.1, 0.15) is 0 Å². The molecule has 0 spiro atoms. The minimum Gasteiger partial charge on any atom is -0.393 e. The first-order chi connectivity index (χ1) is 10.7. The Hall–Kier alpha value is -0.940. The van der Waals surface area contributed by atoms with Gasteiger partial charge in [-0.1, -0.05) is 30.3 Å². The van der Waals surface area contributed by atoms with Crippen molar-refractivity contribution in [1.29, 1.82) is 0 Å². The van der Waals surface area contributed by atoms with Crippen molar-refractivity contribution in [3.8, 4) is 0 Å². The van der Waals surface area contributed by atoms with Crippen LogP contribution >= 0.6 is 0 Å². The van der Waals surface area contributed by atoms with Gasteiger partial charge in [0, 0.05) is 13.2 Å². The molecule has 4 nitrogen and oxygen atoms in total. The van der Waals surface area contributed by atoms with Gasteiger partial charge in [0.25, 0.3) is 0 Å². The molecule has 1 rings (SSSR count). The Balaban J connectivity index is 2.43. The predicted octanol–water partition coefficient (Wildman–Crippen LogP) is 3.03. The summed E-state index contributed by atoms with van der Waals surface area (Å²) in [5.74, 6) is 0.284. The van der Waals surface area contributed by atoms with Gasteiger partial charge in [-0.25, -0.2) is 0 Å². The third kappa shape index (κ3) is 8.49. The zero-order valence-electron chi connectivity index (χ0n) is 14.0. The number of aliphatic hydroxyl groups is 1. The molecule has 2 atom stereocenters. The number of ether oxygens (including phenoxy) is 3. The number of hydrogen-bond acceptors (Lipinski definition) is 4. The molecule has 2 unspecified atom stereocenters. The average molecular weight is 310 g/mol. The number of benzene rings is 1. The fraction of sp³-hybridized carbons (Fsp3) is 0.667. The summed E-state index contributed by atoms with van der Waals surface area (Å²) in [5, 5.41) is 9.67. The van der Waals surface area contributed by atoms with Crippen molar-refractivity contribution in [3.63, 3.8) is 0 Å². The SMILES string of the molecule is CCOC(COCC(Cc1ccccc1)CC(C)O)OCC. The van der Waals surface area contributed by atoms with E-state index in [4.69, 9.17) is 14.2 Å². The van der Waals surface area contributed by atoms with Gasteiger partial charge >= 0.3 is 0 Å². The molecule has 0 aromatic heterocycles. The van der Waals surface area contributed by atoms with E-state index >= 15 is 0 Å². The summed E-state index contributed by atoms with van der Waals surface area (Å²) in [7, 11) is 0. The molecule has 126 valence electrons. The maximum absolute atomic E-state index is 9.67. The smallest absolute Gasteiger partial charge is 0.180 e. The summed E-state index contributed by atoms with van der Waals surface area (Å²) >= 11 is 0. The first-order valence-electron chi connectivity index (χ1n) is 8.18. The summed E-state index contributed by atoms with van der Waals surface area (Å²) in [6.07, 6.45) is 0.994. The van der Waals surface area contributed by atoms with Crippen LogP contribution in [0.2, 0.25) is 0 Å². The van der Waals surface area contributed by atoms with E-state index in [-0.39, 0.29) is 18.3 Å². The highest BCUT2D eigenvalue weighted by atomic mass is 16.7. The lowest BCUT2D eigenvalue weighted by Crippen LogP contribution is -2.26. The van der Waals surface area contributed by atoms with Gasteiger partial charge in [0.2, 0.25) is 0 Å². The zero-order chi connectivity index (χ0) is 16.2. The summed E-state index contributed by atoms with van der Waals surface area (Å²) in [5.41, 5.74) is 1.27. The molecular formula is C18H30O4. The highest BCUT2D eigenvalue weighted by molar-refractivity contribution is 5.15. The average Bonchev–Trinajstić information content (AvgIpc) is 2.48. The van der Waals surface area contributed by atoms with E-state index in [1.165, 1.54) is 5.56 Å². The third-order valence-electron chi connectivity index (χ3n) is 3.35. The molecule has 1 N–H and O–H groups in total. The molecule has 0 fully saturated rings. The molecule has 22 heavy (non-hydrogen) atoms. The van der Waals surface area contributed by atoms with Crippen LogP contribution in [0.25, 0.3) is 0 Å². The van der Waals surface area contributed by atoms with Crippen molar-refractivity contribution in [2.45, 2.75) is 46.0 Å². The maximum Gasteiger partial charge on any atom is 0.180 e. The van der Waals surface area contributed by atoms with E-state index in [2.05, 4.69) is 12.1 Å². The van der Waals surface area contributed by atoms with Gasteiger partial charge < -0.3 is 19.3 Å². The number of hydrogen-bond donors (Lipinski definition) is 1. The van der Waals surface area contributed by atoms with Gasteiger partial charge in [-0.05, 0) is 45.1 Å². The highest BCUT2D eigenvalue weighted by Crippen LogP contribution is 2.15. The molecule has 4 heteroatoms. The Morgan fingerprint density at radius 2 is 1.64 bits per heavy atom. The van der Waals surface area contributed by atoms with Crippen molar-refractivity contribution in [2.24, 2.45) is 5.92 Å². The van der Waals surface area contributed by atoms with Crippen molar-refractivity contribution < 1.29 is 19.3 Å².